The van der Waals surface area contributed by atoms with Crippen LogP contribution < -0.4 is 10.6 Å². The van der Waals surface area contributed by atoms with Crippen molar-refractivity contribution in [2.45, 2.75) is 0 Å². The lowest BCUT2D eigenvalue weighted by Crippen LogP contribution is -2.12. The smallest absolute Gasteiger partial charge is 0.0156 e. The highest BCUT2D eigenvalue weighted by molar-refractivity contribution is 7.98. The summed E-state index contributed by atoms with van der Waals surface area (Å²) in [6.45, 7) is 6.25. The predicted octanol–water partition coefficient (Wildman–Crippen LogP) is 3.79. The minimum atomic E-state index is -0.899. The van der Waals surface area contributed by atoms with E-state index in [1.54, 1.807) is 0 Å². The minimum Gasteiger partial charge on any atom is -0.113 e. The first kappa shape index (κ1) is 13.6. The van der Waals surface area contributed by atoms with Gasteiger partial charge in [-0.3, -0.25) is 0 Å². The predicted molar refractivity (Wildman–Crippen MR) is 89.8 cm³/mol. The molecule has 0 nitrogen and oxygen atoms in total. The second kappa shape index (κ2) is 5.87. The maximum absolute atomic E-state index is 2.60. The Morgan fingerprint density at radius 1 is 0.722 bits per heavy atom. The first-order valence-electron chi connectivity index (χ1n) is 6.13. The average Bonchev–Trinajstić information content (AvgIpc) is 2.37. The van der Waals surface area contributed by atoms with Gasteiger partial charge in [-0.05, 0) is 38.5 Å². The Morgan fingerprint density at radius 3 is 1.44 bits per heavy atom. The topological polar surface area (TPSA) is 0 Å². The molecule has 0 heterocycles. The normalized spacial score (nSPS) is 11.6. The highest BCUT2D eigenvalue weighted by atomic mass is 31.2. The molecule has 0 saturated heterocycles. The van der Waals surface area contributed by atoms with Crippen LogP contribution in [-0.4, -0.2) is 25.5 Å². The number of hydrogen-bond acceptors (Lipinski definition) is 0. The summed E-state index contributed by atoms with van der Waals surface area (Å²) >= 11 is 0. The lowest BCUT2D eigenvalue weighted by Gasteiger charge is -2.19. The Labute approximate surface area is 112 Å². The molecule has 0 N–H and O–H groups in total. The zero-order valence-electron chi connectivity index (χ0n) is 11.2. The molecular weight excluding hydrogens is 254 g/mol. The summed E-state index contributed by atoms with van der Waals surface area (Å²) in [6, 6.07) is 21.8. The molecule has 0 aliphatic rings. The van der Waals surface area contributed by atoms with Crippen molar-refractivity contribution in [3.63, 3.8) is 0 Å². The van der Waals surface area contributed by atoms with Gasteiger partial charge in [0.05, 0.1) is 0 Å². The summed E-state index contributed by atoms with van der Waals surface area (Å²) in [5.41, 5.74) is 2.60. The molecule has 94 valence electrons. The van der Waals surface area contributed by atoms with Crippen LogP contribution in [0.4, 0.5) is 0 Å². The van der Waals surface area contributed by atoms with Gasteiger partial charge < -0.3 is 0 Å². The SMILES string of the molecule is CP(C)(C)=CP(c1ccccc1)c1ccccc1. The van der Waals surface area contributed by atoms with Crippen molar-refractivity contribution in [2.75, 3.05) is 20.0 Å². The molecule has 18 heavy (non-hydrogen) atoms. The molecule has 0 saturated carbocycles. The van der Waals surface area contributed by atoms with Crippen LogP contribution in [-0.2, 0) is 0 Å². The van der Waals surface area contributed by atoms with E-state index in [-0.39, 0.29) is 7.92 Å². The average molecular weight is 274 g/mol. The largest absolute Gasteiger partial charge is 0.113 e. The molecule has 0 radical (unpaired) electrons. The zero-order valence-corrected chi connectivity index (χ0v) is 13.0. The quantitative estimate of drug-likeness (QED) is 0.747. The van der Waals surface area contributed by atoms with Gasteiger partial charge in [0.25, 0.3) is 0 Å². The summed E-state index contributed by atoms with van der Waals surface area (Å²) in [5.74, 6) is 0. The lowest BCUT2D eigenvalue weighted by molar-refractivity contribution is 1.76. The van der Waals surface area contributed by atoms with E-state index < -0.39 is 6.89 Å². The van der Waals surface area contributed by atoms with Gasteiger partial charge in [0.1, 0.15) is 0 Å². The fourth-order valence-electron chi connectivity index (χ4n) is 1.81. The monoisotopic (exact) mass is 274 g/mol. The van der Waals surface area contributed by atoms with E-state index >= 15 is 0 Å². The standard InChI is InChI=1S/C16H20P2/c1-18(2,3)14-17(15-10-6-4-7-11-15)16-12-8-5-9-13-16/h4-14H,1-3H3. The molecule has 2 heteroatoms. The van der Waals surface area contributed by atoms with Crippen LogP contribution in [0.1, 0.15) is 0 Å². The van der Waals surface area contributed by atoms with Crippen LogP contribution in [0, 0.1) is 0 Å². The summed E-state index contributed by atoms with van der Waals surface area (Å²) in [7, 11) is -0.315. The lowest BCUT2D eigenvalue weighted by atomic mass is 10.4. The van der Waals surface area contributed by atoms with Crippen LogP contribution in [0.15, 0.2) is 60.7 Å². The van der Waals surface area contributed by atoms with E-state index in [4.69, 9.17) is 0 Å². The van der Waals surface area contributed by atoms with Crippen molar-refractivity contribution >= 4 is 31.0 Å². The molecule has 0 fully saturated rings. The fourth-order valence-corrected chi connectivity index (χ4v) is 6.93. The van der Waals surface area contributed by atoms with Crippen molar-refractivity contribution in [1.29, 1.82) is 0 Å². The third kappa shape index (κ3) is 3.84. The summed E-state index contributed by atoms with van der Waals surface area (Å²) < 4.78 is 0. The molecule has 2 rings (SSSR count). The molecule has 0 aliphatic carbocycles. The molecule has 0 atom stereocenters. The summed E-state index contributed by atoms with van der Waals surface area (Å²) in [5, 5.41) is 2.90. The van der Waals surface area contributed by atoms with Crippen molar-refractivity contribution in [3.8, 4) is 0 Å². The summed E-state index contributed by atoms with van der Waals surface area (Å²) in [4.78, 5) is 0. The van der Waals surface area contributed by atoms with Crippen molar-refractivity contribution in [3.05, 3.63) is 60.7 Å². The number of hydrogen-bond donors (Lipinski definition) is 0. The molecule has 0 spiro atoms. The second-order valence-corrected chi connectivity index (χ2v) is 12.2. The third-order valence-corrected chi connectivity index (χ3v) is 7.93. The Balaban J connectivity index is 2.49. The van der Waals surface area contributed by atoms with Gasteiger partial charge in [0, 0.05) is 0 Å². The van der Waals surface area contributed by atoms with E-state index in [1.807, 2.05) is 0 Å². The van der Waals surface area contributed by atoms with Gasteiger partial charge in [-0.2, -0.15) is 0 Å². The molecular formula is C16H20P2. The first-order chi connectivity index (χ1) is 8.56. The Hall–Kier alpha value is -0.830. The van der Waals surface area contributed by atoms with Crippen LogP contribution >= 0.6 is 14.8 Å². The van der Waals surface area contributed by atoms with Crippen molar-refractivity contribution < 1.29 is 0 Å². The van der Waals surface area contributed by atoms with Crippen molar-refractivity contribution in [2.24, 2.45) is 0 Å². The highest BCUT2D eigenvalue weighted by Gasteiger charge is 2.11. The molecule has 0 amide bonds. The maximum atomic E-state index is 2.60. The first-order valence-corrected chi connectivity index (χ1v) is 10.7. The van der Waals surface area contributed by atoms with E-state index in [1.165, 1.54) is 10.6 Å². The van der Waals surface area contributed by atoms with E-state index in [9.17, 15) is 0 Å². The Bertz CT molecular complexity index is 490. The van der Waals surface area contributed by atoms with Crippen LogP contribution in [0.2, 0.25) is 0 Å². The van der Waals surface area contributed by atoms with E-state index in [0.29, 0.717) is 0 Å². The Kier molecular flexibility index (Phi) is 4.44. The van der Waals surface area contributed by atoms with Gasteiger partial charge in [-0.25, -0.2) is 0 Å². The van der Waals surface area contributed by atoms with E-state index in [0.717, 1.165) is 0 Å². The fraction of sp³-hybridized carbons (Fsp3) is 0.188. The highest BCUT2D eigenvalue weighted by Crippen LogP contribution is 2.43. The van der Waals surface area contributed by atoms with E-state index in [2.05, 4.69) is 86.2 Å². The molecule has 2 aromatic rings. The minimum absolute atomic E-state index is 0.315. The van der Waals surface area contributed by atoms with Gasteiger partial charge in [0.15, 0.2) is 0 Å². The molecule has 0 unspecified atom stereocenters. The molecule has 0 bridgehead atoms. The van der Waals surface area contributed by atoms with Gasteiger partial charge >= 0.3 is 0 Å². The molecule has 2 aromatic carbocycles. The van der Waals surface area contributed by atoms with Gasteiger partial charge in [-0.1, -0.05) is 66.2 Å². The zero-order chi connectivity index (χ0) is 13.0. The van der Waals surface area contributed by atoms with Gasteiger partial charge in [-0.15, -0.1) is 6.89 Å². The molecule has 0 aromatic heterocycles. The third-order valence-electron chi connectivity index (χ3n) is 2.53. The van der Waals surface area contributed by atoms with Gasteiger partial charge in [0.2, 0.25) is 0 Å². The van der Waals surface area contributed by atoms with Crippen LogP contribution in [0.3, 0.4) is 0 Å². The van der Waals surface area contributed by atoms with Crippen LogP contribution in [0.25, 0.3) is 0 Å². The van der Waals surface area contributed by atoms with Crippen LogP contribution in [0.5, 0.6) is 0 Å². The summed E-state index contributed by atoms with van der Waals surface area (Å²) in [6.07, 6.45) is 0. The second-order valence-electron chi connectivity index (χ2n) is 5.27. The van der Waals surface area contributed by atoms with Crippen molar-refractivity contribution in [1.82, 2.24) is 0 Å². The molecule has 0 aliphatic heterocycles. The number of rotatable bonds is 3. The number of benzene rings is 2. The Morgan fingerprint density at radius 2 is 1.11 bits per heavy atom. The maximum Gasteiger partial charge on any atom is -0.0156 e.